The van der Waals surface area contributed by atoms with E-state index < -0.39 is 39.8 Å². The molecular formula is C24H25ClN4O9S. The van der Waals surface area contributed by atoms with Crippen molar-refractivity contribution in [3.63, 3.8) is 0 Å². The molecule has 0 aliphatic heterocycles. The van der Waals surface area contributed by atoms with Gasteiger partial charge in [0.2, 0.25) is 0 Å². The van der Waals surface area contributed by atoms with Crippen molar-refractivity contribution in [3.05, 3.63) is 73.4 Å². The van der Waals surface area contributed by atoms with Gasteiger partial charge in [0, 0.05) is 26.2 Å². The summed E-state index contributed by atoms with van der Waals surface area (Å²) in [7, 11) is 1.15. The van der Waals surface area contributed by atoms with Gasteiger partial charge in [-0.2, -0.15) is 0 Å². The number of rotatable bonds is 9. The van der Waals surface area contributed by atoms with Crippen LogP contribution < -0.4 is 30.8 Å². The molecule has 15 heteroatoms. The maximum Gasteiger partial charge on any atom is 0.338 e. The maximum absolute atomic E-state index is 13.1. The third-order valence-corrected chi connectivity index (χ3v) is 7.24. The second-order valence-corrected chi connectivity index (χ2v) is 10.3. The Balaban J connectivity index is 1.78. The lowest BCUT2D eigenvalue weighted by molar-refractivity contribution is -0.119. The topological polar surface area (TPSA) is 164 Å². The first kappa shape index (κ1) is 29.3. The molecule has 0 fully saturated rings. The van der Waals surface area contributed by atoms with E-state index in [1.165, 1.54) is 52.6 Å². The number of hydrogen-bond acceptors (Lipinski definition) is 9. The summed E-state index contributed by atoms with van der Waals surface area (Å²) >= 11 is 6.12. The maximum atomic E-state index is 13.1. The van der Waals surface area contributed by atoms with Crippen molar-refractivity contribution in [2.24, 2.45) is 14.1 Å². The molecule has 0 spiro atoms. The molecule has 2 aromatic carbocycles. The second-order valence-electron chi connectivity index (χ2n) is 8.16. The van der Waals surface area contributed by atoms with Gasteiger partial charge in [0.15, 0.2) is 6.61 Å². The standard InChI is InChI=1S/C24H25ClN4O9S/c1-13-6-7-14(39(34,35)27-17-9-16(25)18(36-4)10-19(17)37-5)8-15(13)23(32)38-12-21(30)26-20-11-22(31)29(3)24(33)28(20)2/h6-11,27H,12H2,1-5H3,(H,26,30). The third kappa shape index (κ3) is 6.41. The smallest absolute Gasteiger partial charge is 0.338 e. The molecule has 0 atom stereocenters. The van der Waals surface area contributed by atoms with Gasteiger partial charge in [0.25, 0.3) is 21.5 Å². The zero-order valence-corrected chi connectivity index (χ0v) is 23.1. The molecule has 0 bridgehead atoms. The van der Waals surface area contributed by atoms with Crippen molar-refractivity contribution in [2.75, 3.05) is 30.9 Å². The number of hydrogen-bond donors (Lipinski definition) is 2. The molecule has 39 heavy (non-hydrogen) atoms. The first-order valence-corrected chi connectivity index (χ1v) is 12.9. The number of aryl methyl sites for hydroxylation is 1. The molecule has 0 radical (unpaired) electrons. The highest BCUT2D eigenvalue weighted by molar-refractivity contribution is 7.92. The minimum Gasteiger partial charge on any atom is -0.495 e. The predicted octanol–water partition coefficient (Wildman–Crippen LogP) is 1.66. The van der Waals surface area contributed by atoms with Crippen LogP contribution in [0, 0.1) is 6.92 Å². The Morgan fingerprint density at radius 1 is 0.974 bits per heavy atom. The number of aromatic nitrogens is 2. The Morgan fingerprint density at radius 2 is 1.64 bits per heavy atom. The molecule has 208 valence electrons. The summed E-state index contributed by atoms with van der Waals surface area (Å²) in [6.07, 6.45) is 0. The van der Waals surface area contributed by atoms with Crippen molar-refractivity contribution in [1.29, 1.82) is 0 Å². The highest BCUT2D eigenvalue weighted by atomic mass is 35.5. The molecule has 3 aromatic rings. The Bertz CT molecular complexity index is 1680. The first-order valence-electron chi connectivity index (χ1n) is 11.1. The van der Waals surface area contributed by atoms with Crippen LogP contribution in [0.2, 0.25) is 5.02 Å². The molecule has 0 saturated heterocycles. The molecular weight excluding hydrogens is 556 g/mol. The molecule has 1 heterocycles. The van der Waals surface area contributed by atoms with Gasteiger partial charge in [0.05, 0.1) is 35.4 Å². The van der Waals surface area contributed by atoms with Crippen LogP contribution in [-0.4, -0.2) is 50.3 Å². The predicted molar refractivity (Wildman–Crippen MR) is 142 cm³/mol. The lowest BCUT2D eigenvalue weighted by Gasteiger charge is -2.15. The average Bonchev–Trinajstić information content (AvgIpc) is 2.89. The van der Waals surface area contributed by atoms with E-state index in [1.807, 2.05) is 0 Å². The van der Waals surface area contributed by atoms with Crippen molar-refractivity contribution < 1.29 is 32.2 Å². The van der Waals surface area contributed by atoms with E-state index in [0.29, 0.717) is 5.56 Å². The van der Waals surface area contributed by atoms with Gasteiger partial charge in [0.1, 0.15) is 17.3 Å². The summed E-state index contributed by atoms with van der Waals surface area (Å²) in [6.45, 7) is 0.792. The molecule has 0 aliphatic carbocycles. The number of ether oxygens (including phenoxy) is 3. The Hall–Kier alpha value is -4.30. The minimum atomic E-state index is -4.22. The van der Waals surface area contributed by atoms with E-state index in [0.717, 1.165) is 21.3 Å². The quantitative estimate of drug-likeness (QED) is 0.358. The number of amides is 1. The van der Waals surface area contributed by atoms with Crippen LogP contribution in [0.3, 0.4) is 0 Å². The van der Waals surface area contributed by atoms with E-state index in [2.05, 4.69) is 10.0 Å². The van der Waals surface area contributed by atoms with E-state index in [9.17, 15) is 27.6 Å². The van der Waals surface area contributed by atoms with Gasteiger partial charge in [-0.25, -0.2) is 18.0 Å². The highest BCUT2D eigenvalue weighted by Crippen LogP contribution is 2.37. The molecule has 1 amide bonds. The summed E-state index contributed by atoms with van der Waals surface area (Å²) in [5.74, 6) is -1.46. The number of halogens is 1. The van der Waals surface area contributed by atoms with Crippen molar-refractivity contribution >= 4 is 45.0 Å². The van der Waals surface area contributed by atoms with Gasteiger partial charge < -0.3 is 19.5 Å². The SMILES string of the molecule is COc1cc(OC)c(NS(=O)(=O)c2ccc(C)c(C(=O)OCC(=O)Nc3cc(=O)n(C)c(=O)n3C)c2)cc1Cl. The monoisotopic (exact) mass is 580 g/mol. The normalized spacial score (nSPS) is 11.0. The molecule has 3 rings (SSSR count). The molecule has 2 N–H and O–H groups in total. The van der Waals surface area contributed by atoms with Crippen LogP contribution in [0.5, 0.6) is 11.5 Å². The highest BCUT2D eigenvalue weighted by Gasteiger charge is 2.22. The van der Waals surface area contributed by atoms with E-state index in [4.69, 9.17) is 25.8 Å². The number of carbonyl (C=O) groups excluding carboxylic acids is 2. The fraction of sp³-hybridized carbons (Fsp3) is 0.250. The summed E-state index contributed by atoms with van der Waals surface area (Å²) in [4.78, 5) is 48.6. The molecule has 0 unspecified atom stereocenters. The number of benzene rings is 2. The number of carbonyl (C=O) groups is 2. The minimum absolute atomic E-state index is 0.0369. The van der Waals surface area contributed by atoms with Crippen molar-refractivity contribution in [2.45, 2.75) is 11.8 Å². The lowest BCUT2D eigenvalue weighted by Crippen LogP contribution is -2.38. The molecule has 0 saturated carbocycles. The van der Waals surface area contributed by atoms with Gasteiger partial charge in [-0.3, -0.25) is 23.4 Å². The number of esters is 1. The van der Waals surface area contributed by atoms with Crippen molar-refractivity contribution in [3.8, 4) is 11.5 Å². The van der Waals surface area contributed by atoms with Crippen LogP contribution in [0.1, 0.15) is 15.9 Å². The number of sulfonamides is 1. The number of nitrogens with one attached hydrogen (secondary N) is 2. The van der Waals surface area contributed by atoms with Gasteiger partial charge in [-0.1, -0.05) is 17.7 Å². The zero-order valence-electron chi connectivity index (χ0n) is 21.5. The van der Waals surface area contributed by atoms with Gasteiger partial charge in [-0.05, 0) is 30.7 Å². The molecule has 1 aromatic heterocycles. The summed E-state index contributed by atoms with van der Waals surface area (Å²) < 4.78 is 45.8. The Kier molecular flexibility index (Phi) is 8.71. The van der Waals surface area contributed by atoms with E-state index in [-0.39, 0.29) is 38.5 Å². The van der Waals surface area contributed by atoms with Crippen LogP contribution in [0.15, 0.2) is 50.9 Å². The summed E-state index contributed by atoms with van der Waals surface area (Å²) in [5.41, 5.74) is -0.978. The average molecular weight is 581 g/mol. The largest absolute Gasteiger partial charge is 0.495 e. The fourth-order valence-electron chi connectivity index (χ4n) is 3.37. The number of methoxy groups -OCH3 is 2. The summed E-state index contributed by atoms with van der Waals surface area (Å²) in [6, 6.07) is 7.55. The van der Waals surface area contributed by atoms with Crippen LogP contribution in [0.4, 0.5) is 11.5 Å². The van der Waals surface area contributed by atoms with Crippen LogP contribution in [-0.2, 0) is 33.7 Å². The van der Waals surface area contributed by atoms with E-state index >= 15 is 0 Å². The van der Waals surface area contributed by atoms with Gasteiger partial charge in [-0.15, -0.1) is 0 Å². The Labute approximate surface area is 227 Å². The van der Waals surface area contributed by atoms with Crippen LogP contribution >= 0.6 is 11.6 Å². The summed E-state index contributed by atoms with van der Waals surface area (Å²) in [5, 5.41) is 2.46. The van der Waals surface area contributed by atoms with E-state index in [1.54, 1.807) is 6.92 Å². The van der Waals surface area contributed by atoms with Crippen LogP contribution in [0.25, 0.3) is 0 Å². The second kappa shape index (κ2) is 11.6. The lowest BCUT2D eigenvalue weighted by atomic mass is 10.1. The fourth-order valence-corrected chi connectivity index (χ4v) is 4.70. The Morgan fingerprint density at radius 3 is 2.28 bits per heavy atom. The molecule has 13 nitrogen and oxygen atoms in total. The van der Waals surface area contributed by atoms with Gasteiger partial charge >= 0.3 is 11.7 Å². The third-order valence-electron chi connectivity index (χ3n) is 5.59. The zero-order chi connectivity index (χ0) is 29.1. The molecule has 0 aliphatic rings. The first-order chi connectivity index (χ1) is 18.3. The number of nitrogens with zero attached hydrogens (tertiary/aromatic N) is 2. The number of anilines is 2. The van der Waals surface area contributed by atoms with Crippen molar-refractivity contribution in [1.82, 2.24) is 9.13 Å².